The summed E-state index contributed by atoms with van der Waals surface area (Å²) in [5.74, 6) is 1.82. The largest absolute Gasteiger partial charge is 0.363 e. The first-order valence-corrected chi connectivity index (χ1v) is 8.10. The fraction of sp³-hybridized carbons (Fsp3) is 0.312. The maximum absolute atomic E-state index is 4.67. The molecular formula is C16H18N4S. The first kappa shape index (κ1) is 13.9. The van der Waals surface area contributed by atoms with Crippen LogP contribution in [0.5, 0.6) is 0 Å². The summed E-state index contributed by atoms with van der Waals surface area (Å²) >= 11 is 1.66. The van der Waals surface area contributed by atoms with Crippen LogP contribution in [-0.4, -0.2) is 15.0 Å². The van der Waals surface area contributed by atoms with E-state index in [1.807, 2.05) is 24.5 Å². The maximum atomic E-state index is 4.67. The molecule has 0 saturated carbocycles. The second kappa shape index (κ2) is 6.18. The van der Waals surface area contributed by atoms with Crippen LogP contribution in [0.15, 0.2) is 36.0 Å². The number of nitrogens with zero attached hydrogens (tertiary/aromatic N) is 3. The Morgan fingerprint density at radius 3 is 2.67 bits per heavy atom. The van der Waals surface area contributed by atoms with Crippen LogP contribution in [0, 0.1) is 0 Å². The van der Waals surface area contributed by atoms with Gasteiger partial charge in [-0.1, -0.05) is 13.8 Å². The van der Waals surface area contributed by atoms with Gasteiger partial charge in [-0.15, -0.1) is 11.3 Å². The maximum Gasteiger partial charge on any atom is 0.138 e. The van der Waals surface area contributed by atoms with Crippen molar-refractivity contribution in [1.29, 1.82) is 0 Å². The molecule has 0 aliphatic carbocycles. The highest BCUT2D eigenvalue weighted by Gasteiger charge is 2.13. The van der Waals surface area contributed by atoms with E-state index in [2.05, 4.69) is 45.6 Å². The van der Waals surface area contributed by atoms with E-state index in [4.69, 9.17) is 0 Å². The van der Waals surface area contributed by atoms with Crippen LogP contribution in [0.3, 0.4) is 0 Å². The zero-order valence-electron chi connectivity index (χ0n) is 12.2. The highest BCUT2D eigenvalue weighted by Crippen LogP contribution is 2.29. The molecule has 0 saturated heterocycles. The molecule has 3 aromatic heterocycles. The number of thiophene rings is 1. The van der Waals surface area contributed by atoms with Crippen molar-refractivity contribution in [3.63, 3.8) is 0 Å². The topological polar surface area (TPSA) is 50.7 Å². The molecule has 0 spiro atoms. The standard InChI is InChI=1S/C16H18N4S/c1-3-13(11-5-8-17-9-6-11)18-15-12-7-10-21-16(12)20-14(4-2)19-15/h5-10,13H,3-4H2,1-2H3,(H,18,19,20). The Morgan fingerprint density at radius 1 is 1.14 bits per heavy atom. The van der Waals surface area contributed by atoms with E-state index < -0.39 is 0 Å². The van der Waals surface area contributed by atoms with Gasteiger partial charge in [0.25, 0.3) is 0 Å². The third-order valence-electron chi connectivity index (χ3n) is 3.52. The highest BCUT2D eigenvalue weighted by molar-refractivity contribution is 7.16. The Bertz CT molecular complexity index is 723. The van der Waals surface area contributed by atoms with Crippen LogP contribution in [0.4, 0.5) is 5.82 Å². The Kier molecular flexibility index (Phi) is 4.10. The molecule has 0 aliphatic heterocycles. The second-order valence-corrected chi connectivity index (χ2v) is 5.76. The monoisotopic (exact) mass is 298 g/mol. The number of rotatable bonds is 5. The highest BCUT2D eigenvalue weighted by atomic mass is 32.1. The Balaban J connectivity index is 1.98. The van der Waals surface area contributed by atoms with Gasteiger partial charge in [-0.05, 0) is 35.6 Å². The van der Waals surface area contributed by atoms with E-state index in [0.29, 0.717) is 0 Å². The van der Waals surface area contributed by atoms with E-state index in [-0.39, 0.29) is 6.04 Å². The van der Waals surface area contributed by atoms with Crippen LogP contribution in [0.25, 0.3) is 10.2 Å². The minimum Gasteiger partial charge on any atom is -0.363 e. The number of anilines is 1. The molecule has 21 heavy (non-hydrogen) atoms. The molecule has 4 nitrogen and oxygen atoms in total. The smallest absolute Gasteiger partial charge is 0.138 e. The molecule has 3 aromatic rings. The molecule has 0 aromatic carbocycles. The minimum atomic E-state index is 0.232. The molecule has 5 heteroatoms. The summed E-state index contributed by atoms with van der Waals surface area (Å²) in [6, 6.07) is 6.42. The van der Waals surface area contributed by atoms with Gasteiger partial charge in [-0.2, -0.15) is 0 Å². The Labute approximate surface area is 128 Å². The summed E-state index contributed by atoms with van der Waals surface area (Å²) < 4.78 is 0. The van der Waals surface area contributed by atoms with Crippen molar-refractivity contribution in [2.75, 3.05) is 5.32 Å². The lowest BCUT2D eigenvalue weighted by molar-refractivity contribution is 0.742. The zero-order valence-corrected chi connectivity index (χ0v) is 13.0. The van der Waals surface area contributed by atoms with Crippen LogP contribution in [0.1, 0.15) is 37.7 Å². The summed E-state index contributed by atoms with van der Waals surface area (Å²) in [5.41, 5.74) is 1.23. The number of nitrogens with one attached hydrogen (secondary N) is 1. The van der Waals surface area contributed by atoms with Crippen molar-refractivity contribution in [2.45, 2.75) is 32.7 Å². The molecule has 0 radical (unpaired) electrons. The fourth-order valence-electron chi connectivity index (χ4n) is 2.35. The van der Waals surface area contributed by atoms with Crippen molar-refractivity contribution >= 4 is 27.4 Å². The molecule has 0 aliphatic rings. The summed E-state index contributed by atoms with van der Waals surface area (Å²) in [6.45, 7) is 4.25. The number of hydrogen-bond donors (Lipinski definition) is 1. The minimum absolute atomic E-state index is 0.232. The summed E-state index contributed by atoms with van der Waals surface area (Å²) in [5, 5.41) is 6.74. The first-order chi connectivity index (χ1) is 10.3. The van der Waals surface area contributed by atoms with Gasteiger partial charge in [0.1, 0.15) is 16.5 Å². The number of hydrogen-bond acceptors (Lipinski definition) is 5. The SMILES string of the molecule is CCc1nc(NC(CC)c2ccncc2)c2ccsc2n1. The summed E-state index contributed by atoms with van der Waals surface area (Å²) in [4.78, 5) is 14.4. The molecule has 0 amide bonds. The van der Waals surface area contributed by atoms with Gasteiger partial charge in [0.05, 0.1) is 11.4 Å². The van der Waals surface area contributed by atoms with Gasteiger partial charge >= 0.3 is 0 Å². The van der Waals surface area contributed by atoms with E-state index in [1.165, 1.54) is 5.56 Å². The average Bonchev–Trinajstić information content (AvgIpc) is 3.01. The van der Waals surface area contributed by atoms with Crippen LogP contribution < -0.4 is 5.32 Å². The average molecular weight is 298 g/mol. The van der Waals surface area contributed by atoms with Gasteiger partial charge in [0, 0.05) is 18.8 Å². The molecule has 1 atom stereocenters. The summed E-state index contributed by atoms with van der Waals surface area (Å²) in [7, 11) is 0. The van der Waals surface area contributed by atoms with Crippen LogP contribution in [-0.2, 0) is 6.42 Å². The van der Waals surface area contributed by atoms with Crippen molar-refractivity contribution < 1.29 is 0 Å². The lowest BCUT2D eigenvalue weighted by atomic mass is 10.1. The molecule has 108 valence electrons. The lowest BCUT2D eigenvalue weighted by Crippen LogP contribution is -2.12. The van der Waals surface area contributed by atoms with Crippen molar-refractivity contribution in [2.24, 2.45) is 0 Å². The van der Waals surface area contributed by atoms with Crippen molar-refractivity contribution in [1.82, 2.24) is 15.0 Å². The van der Waals surface area contributed by atoms with E-state index in [0.717, 1.165) is 34.7 Å². The third-order valence-corrected chi connectivity index (χ3v) is 4.32. The van der Waals surface area contributed by atoms with Gasteiger partial charge < -0.3 is 5.32 Å². The van der Waals surface area contributed by atoms with Gasteiger partial charge in [0.15, 0.2) is 0 Å². The molecule has 1 unspecified atom stereocenters. The molecule has 0 fully saturated rings. The Hall–Kier alpha value is -2.01. The molecule has 3 heterocycles. The predicted octanol–water partition coefficient (Wildman–Crippen LogP) is 4.21. The first-order valence-electron chi connectivity index (χ1n) is 7.22. The van der Waals surface area contributed by atoms with Gasteiger partial charge in [0.2, 0.25) is 0 Å². The summed E-state index contributed by atoms with van der Waals surface area (Å²) in [6.07, 6.45) is 5.49. The third kappa shape index (κ3) is 2.88. The second-order valence-electron chi connectivity index (χ2n) is 4.87. The zero-order chi connectivity index (χ0) is 14.7. The van der Waals surface area contributed by atoms with E-state index in [9.17, 15) is 0 Å². The number of pyridine rings is 1. The molecular weight excluding hydrogens is 280 g/mol. The number of aryl methyl sites for hydroxylation is 1. The molecule has 1 N–H and O–H groups in total. The van der Waals surface area contributed by atoms with Gasteiger partial charge in [-0.3, -0.25) is 4.98 Å². The number of aromatic nitrogens is 3. The van der Waals surface area contributed by atoms with Crippen molar-refractivity contribution in [3.8, 4) is 0 Å². The Morgan fingerprint density at radius 2 is 1.95 bits per heavy atom. The van der Waals surface area contributed by atoms with Crippen LogP contribution >= 0.6 is 11.3 Å². The molecule has 0 bridgehead atoms. The molecule has 3 rings (SSSR count). The predicted molar refractivity (Wildman–Crippen MR) is 87.7 cm³/mol. The van der Waals surface area contributed by atoms with E-state index in [1.54, 1.807) is 11.3 Å². The normalized spacial score (nSPS) is 12.5. The van der Waals surface area contributed by atoms with Crippen molar-refractivity contribution in [3.05, 3.63) is 47.4 Å². The van der Waals surface area contributed by atoms with E-state index >= 15 is 0 Å². The fourth-order valence-corrected chi connectivity index (χ4v) is 3.13. The lowest BCUT2D eigenvalue weighted by Gasteiger charge is -2.18. The van der Waals surface area contributed by atoms with Crippen LogP contribution in [0.2, 0.25) is 0 Å². The quantitative estimate of drug-likeness (QED) is 0.766. The number of fused-ring (bicyclic) bond motifs is 1. The van der Waals surface area contributed by atoms with Gasteiger partial charge in [-0.25, -0.2) is 9.97 Å².